The molecule has 10 heteroatoms. The Morgan fingerprint density at radius 2 is 1.83 bits per heavy atom. The number of benzene rings is 2. The Kier molecular flexibility index (Phi) is 6.24. The minimum absolute atomic E-state index is 0.0659. The molecule has 2 aliphatic rings. The van der Waals surface area contributed by atoms with Gasteiger partial charge in [-0.3, -0.25) is 19.7 Å². The number of allylic oxidation sites excluding steroid dienone is 3. The first-order valence-electron chi connectivity index (χ1n) is 11.2. The van der Waals surface area contributed by atoms with Gasteiger partial charge in [0.2, 0.25) is 0 Å². The van der Waals surface area contributed by atoms with Gasteiger partial charge in [0, 0.05) is 52.7 Å². The quantitative estimate of drug-likeness (QED) is 0.406. The lowest BCUT2D eigenvalue weighted by Gasteiger charge is -2.39. The molecule has 0 saturated heterocycles. The Bertz CT molecular complexity index is 1340. The molecule has 4 rings (SSSR count). The standard InChI is InChI=1S/C26H24F3N3O4/c1-14-21(24(34)31-17-8-5-7-16(11-17)26(27,28)29)22(15-6-4-9-18(10-15)32(35)36)23-19(30-14)12-25(2,3)13-20(23)33/h4-11,22,30H,12-13H2,1-3H3,(H,31,34)/t22-/m0/s1. The molecule has 0 radical (unpaired) electrons. The normalized spacial score (nSPS) is 19.5. The van der Waals surface area contributed by atoms with Gasteiger partial charge in [-0.2, -0.15) is 13.2 Å². The van der Waals surface area contributed by atoms with E-state index in [0.29, 0.717) is 29.0 Å². The molecule has 188 valence electrons. The average molecular weight is 499 g/mol. The number of amides is 1. The summed E-state index contributed by atoms with van der Waals surface area (Å²) in [5.74, 6) is -1.82. The summed E-state index contributed by atoms with van der Waals surface area (Å²) in [7, 11) is 0. The predicted molar refractivity (Wildman–Crippen MR) is 127 cm³/mol. The lowest BCUT2D eigenvalue weighted by atomic mass is 9.68. The summed E-state index contributed by atoms with van der Waals surface area (Å²) in [6.07, 6.45) is -3.84. The van der Waals surface area contributed by atoms with E-state index in [0.717, 1.165) is 12.1 Å². The molecule has 36 heavy (non-hydrogen) atoms. The van der Waals surface area contributed by atoms with Crippen LogP contribution in [0.25, 0.3) is 0 Å². The van der Waals surface area contributed by atoms with Crippen LogP contribution < -0.4 is 10.6 Å². The van der Waals surface area contributed by atoms with Crippen LogP contribution in [0.5, 0.6) is 0 Å². The van der Waals surface area contributed by atoms with Crippen LogP contribution in [0.1, 0.15) is 50.7 Å². The van der Waals surface area contributed by atoms with Crippen LogP contribution in [0.15, 0.2) is 71.1 Å². The Morgan fingerprint density at radius 1 is 1.14 bits per heavy atom. The molecule has 0 bridgehead atoms. The van der Waals surface area contributed by atoms with Gasteiger partial charge < -0.3 is 10.6 Å². The number of ketones is 1. The van der Waals surface area contributed by atoms with E-state index in [9.17, 15) is 32.9 Å². The molecule has 7 nitrogen and oxygen atoms in total. The molecule has 1 aliphatic carbocycles. The molecule has 2 N–H and O–H groups in total. The molecule has 1 atom stereocenters. The number of nitro benzene ring substituents is 1. The van der Waals surface area contributed by atoms with Crippen LogP contribution >= 0.6 is 0 Å². The summed E-state index contributed by atoms with van der Waals surface area (Å²) in [6.45, 7) is 5.54. The first-order valence-corrected chi connectivity index (χ1v) is 11.2. The second-order valence-electron chi connectivity index (χ2n) is 9.81. The maximum atomic E-state index is 13.5. The van der Waals surface area contributed by atoms with Crippen molar-refractivity contribution in [2.75, 3.05) is 5.32 Å². The second-order valence-corrected chi connectivity index (χ2v) is 9.81. The molecule has 0 aromatic heterocycles. The van der Waals surface area contributed by atoms with E-state index in [4.69, 9.17) is 0 Å². The summed E-state index contributed by atoms with van der Waals surface area (Å²) >= 11 is 0. The molecule has 1 heterocycles. The maximum Gasteiger partial charge on any atom is 0.416 e. The average Bonchev–Trinajstić information content (AvgIpc) is 2.76. The number of alkyl halides is 3. The molecule has 0 fully saturated rings. The Labute approximate surface area is 205 Å². The third-order valence-corrected chi connectivity index (χ3v) is 6.35. The highest BCUT2D eigenvalue weighted by Gasteiger charge is 2.43. The minimum atomic E-state index is -4.59. The van der Waals surface area contributed by atoms with Crippen molar-refractivity contribution in [2.45, 2.75) is 45.7 Å². The van der Waals surface area contributed by atoms with Crippen molar-refractivity contribution in [3.8, 4) is 0 Å². The molecular weight excluding hydrogens is 475 g/mol. The SMILES string of the molecule is CC1=C(C(=O)Nc2cccc(C(F)(F)F)c2)[C@H](c2cccc([N+](=O)[O-])c2)C2=C(CC(C)(C)CC2=O)N1. The summed E-state index contributed by atoms with van der Waals surface area (Å²) < 4.78 is 39.5. The molecular formula is C26H24F3N3O4. The van der Waals surface area contributed by atoms with Crippen LogP contribution in [-0.2, 0) is 15.8 Å². The van der Waals surface area contributed by atoms with Gasteiger partial charge in [0.05, 0.1) is 10.5 Å². The molecule has 1 amide bonds. The Hall–Kier alpha value is -3.95. The fourth-order valence-electron chi connectivity index (χ4n) is 4.86. The topological polar surface area (TPSA) is 101 Å². The third-order valence-electron chi connectivity index (χ3n) is 6.35. The van der Waals surface area contributed by atoms with Crippen molar-refractivity contribution in [3.63, 3.8) is 0 Å². The number of rotatable bonds is 4. The number of nitrogens with one attached hydrogen (secondary N) is 2. The number of nitrogens with zero attached hydrogens (tertiary/aromatic N) is 1. The van der Waals surface area contributed by atoms with Gasteiger partial charge in [-0.25, -0.2) is 0 Å². The van der Waals surface area contributed by atoms with Gasteiger partial charge in [-0.05, 0) is 42.5 Å². The molecule has 2 aromatic rings. The van der Waals surface area contributed by atoms with E-state index < -0.39 is 28.5 Å². The Balaban J connectivity index is 1.81. The van der Waals surface area contributed by atoms with Gasteiger partial charge in [-0.1, -0.05) is 32.0 Å². The number of hydrogen-bond donors (Lipinski definition) is 2. The second kappa shape index (κ2) is 8.92. The first-order chi connectivity index (χ1) is 16.8. The van der Waals surface area contributed by atoms with Gasteiger partial charge in [0.25, 0.3) is 11.6 Å². The van der Waals surface area contributed by atoms with E-state index in [1.165, 1.54) is 30.3 Å². The van der Waals surface area contributed by atoms with Crippen LogP contribution in [-0.4, -0.2) is 16.6 Å². The monoisotopic (exact) mass is 499 g/mol. The number of carbonyl (C=O) groups excluding carboxylic acids is 2. The summed E-state index contributed by atoms with van der Waals surface area (Å²) in [6, 6.07) is 9.95. The van der Waals surface area contributed by atoms with Crippen molar-refractivity contribution in [1.82, 2.24) is 5.32 Å². The van der Waals surface area contributed by atoms with Gasteiger partial charge >= 0.3 is 6.18 Å². The smallest absolute Gasteiger partial charge is 0.362 e. The molecule has 2 aromatic carbocycles. The largest absolute Gasteiger partial charge is 0.416 e. The third kappa shape index (κ3) is 4.89. The van der Waals surface area contributed by atoms with Gasteiger partial charge in [-0.15, -0.1) is 0 Å². The minimum Gasteiger partial charge on any atom is -0.362 e. The van der Waals surface area contributed by atoms with Crippen molar-refractivity contribution < 1.29 is 27.7 Å². The number of non-ortho nitro benzene ring substituents is 1. The van der Waals surface area contributed by atoms with E-state index in [1.807, 2.05) is 13.8 Å². The maximum absolute atomic E-state index is 13.5. The number of hydrogen-bond acceptors (Lipinski definition) is 5. The number of dihydropyridines is 1. The van der Waals surface area contributed by atoms with Crippen LogP contribution in [0.3, 0.4) is 0 Å². The van der Waals surface area contributed by atoms with Crippen LogP contribution in [0.4, 0.5) is 24.5 Å². The lowest BCUT2D eigenvalue weighted by molar-refractivity contribution is -0.384. The lowest BCUT2D eigenvalue weighted by Crippen LogP contribution is -2.39. The van der Waals surface area contributed by atoms with E-state index in [1.54, 1.807) is 13.0 Å². The molecule has 0 spiro atoms. The molecule has 0 unspecified atom stereocenters. The van der Waals surface area contributed by atoms with E-state index >= 15 is 0 Å². The first kappa shape index (κ1) is 25.2. The van der Waals surface area contributed by atoms with Crippen LogP contribution in [0, 0.1) is 15.5 Å². The molecule has 1 aliphatic heterocycles. The highest BCUT2D eigenvalue weighted by molar-refractivity contribution is 6.10. The number of Topliss-reactive ketones (excluding diaryl/α,β-unsaturated/α-hetero) is 1. The highest BCUT2D eigenvalue weighted by Crippen LogP contribution is 2.47. The van der Waals surface area contributed by atoms with Gasteiger partial charge in [0.1, 0.15) is 0 Å². The number of carbonyl (C=O) groups is 2. The zero-order valence-corrected chi connectivity index (χ0v) is 19.8. The zero-order valence-electron chi connectivity index (χ0n) is 19.8. The number of halogens is 3. The summed E-state index contributed by atoms with van der Waals surface area (Å²) in [4.78, 5) is 37.7. The zero-order chi connectivity index (χ0) is 26.4. The fourth-order valence-corrected chi connectivity index (χ4v) is 4.86. The predicted octanol–water partition coefficient (Wildman–Crippen LogP) is 5.86. The van der Waals surface area contributed by atoms with Crippen molar-refractivity contribution in [3.05, 3.63) is 92.3 Å². The van der Waals surface area contributed by atoms with Crippen LogP contribution in [0.2, 0.25) is 0 Å². The Morgan fingerprint density at radius 3 is 2.50 bits per heavy atom. The fraction of sp³-hybridized carbons (Fsp3) is 0.308. The summed E-state index contributed by atoms with van der Waals surface area (Å²) in [5.41, 5.74) is 0.373. The van der Waals surface area contributed by atoms with E-state index in [-0.39, 0.29) is 34.6 Å². The van der Waals surface area contributed by atoms with E-state index in [2.05, 4.69) is 10.6 Å². The van der Waals surface area contributed by atoms with Gasteiger partial charge in [0.15, 0.2) is 5.78 Å². The van der Waals surface area contributed by atoms with Crippen molar-refractivity contribution in [2.24, 2.45) is 5.41 Å². The highest BCUT2D eigenvalue weighted by atomic mass is 19.4. The van der Waals surface area contributed by atoms with Crippen molar-refractivity contribution in [1.29, 1.82) is 0 Å². The number of nitro groups is 1. The summed E-state index contributed by atoms with van der Waals surface area (Å²) in [5, 5.41) is 17.1. The molecule has 0 saturated carbocycles. The number of anilines is 1. The van der Waals surface area contributed by atoms with Crippen molar-refractivity contribution >= 4 is 23.1 Å².